The first kappa shape index (κ1) is 31.4. The zero-order chi connectivity index (χ0) is 24.2. The smallest absolute Gasteiger partial charge is 0.0783 e. The molecule has 180 valence electrons. The molecule has 0 fully saturated rings. The van der Waals surface area contributed by atoms with E-state index in [0.29, 0.717) is 11.8 Å². The van der Waals surface area contributed by atoms with Gasteiger partial charge in [-0.1, -0.05) is 67.2 Å². The maximum atomic E-state index is 4.54. The standard InChI is InChI=1S/C14H30N2.C12H26N2/c1-7-9-11-13(3,4)15-16-14(5,6)12-10-8-2;1-9(2)11(5,6)13-14-12(7,8)10(3)4/h7-12H2,1-6H3;9-10H,1-8H3. The van der Waals surface area contributed by atoms with Crippen LogP contribution >= 0.6 is 0 Å². The van der Waals surface area contributed by atoms with Crippen LogP contribution in [0.25, 0.3) is 0 Å². The lowest BCUT2D eigenvalue weighted by Crippen LogP contribution is -2.28. The average Bonchev–Trinajstić information content (AvgIpc) is 2.62. The molecule has 0 unspecified atom stereocenters. The average molecular weight is 425 g/mol. The maximum Gasteiger partial charge on any atom is 0.0783 e. The van der Waals surface area contributed by atoms with Crippen molar-refractivity contribution in [2.24, 2.45) is 32.3 Å². The summed E-state index contributed by atoms with van der Waals surface area (Å²) in [4.78, 5) is 0. The van der Waals surface area contributed by atoms with Crippen LogP contribution in [0.3, 0.4) is 0 Å². The predicted octanol–water partition coefficient (Wildman–Crippen LogP) is 9.68. The Hall–Kier alpha value is -0.800. The van der Waals surface area contributed by atoms with Gasteiger partial charge in [0, 0.05) is 0 Å². The Bertz CT molecular complexity index is 453. The highest BCUT2D eigenvalue weighted by molar-refractivity contribution is 4.84. The van der Waals surface area contributed by atoms with Crippen molar-refractivity contribution >= 4 is 0 Å². The van der Waals surface area contributed by atoms with E-state index in [1.807, 2.05) is 0 Å². The Morgan fingerprint density at radius 3 is 0.967 bits per heavy atom. The van der Waals surface area contributed by atoms with Crippen molar-refractivity contribution in [1.82, 2.24) is 0 Å². The van der Waals surface area contributed by atoms with Crippen molar-refractivity contribution in [2.75, 3.05) is 0 Å². The third-order valence-electron chi connectivity index (χ3n) is 6.27. The number of rotatable bonds is 12. The van der Waals surface area contributed by atoms with E-state index in [1.165, 1.54) is 25.7 Å². The molecule has 0 N–H and O–H groups in total. The molecular weight excluding hydrogens is 368 g/mol. The van der Waals surface area contributed by atoms with Gasteiger partial charge in [-0.05, 0) is 80.1 Å². The SMILES string of the molecule is CC(C)C(C)(C)N=NC(C)(C)C(C)C.CCCCC(C)(C)N=NC(C)(C)CCCC. The molecule has 0 bridgehead atoms. The van der Waals surface area contributed by atoms with Gasteiger partial charge in [0.05, 0.1) is 22.2 Å². The number of hydrogen-bond donors (Lipinski definition) is 0. The molecule has 0 rings (SSSR count). The Kier molecular flexibility index (Phi) is 14.2. The van der Waals surface area contributed by atoms with Crippen molar-refractivity contribution in [2.45, 2.75) is 158 Å². The molecule has 0 radical (unpaired) electrons. The largest absolute Gasteiger partial charge is 0.187 e. The molecule has 0 aliphatic heterocycles. The summed E-state index contributed by atoms with van der Waals surface area (Å²) < 4.78 is 0. The topological polar surface area (TPSA) is 49.4 Å². The highest BCUT2D eigenvalue weighted by Gasteiger charge is 2.26. The van der Waals surface area contributed by atoms with Crippen LogP contribution < -0.4 is 0 Å². The first-order chi connectivity index (χ1) is 13.4. The summed E-state index contributed by atoms with van der Waals surface area (Å²) in [6, 6.07) is 0. The number of unbranched alkanes of at least 4 members (excludes halogenated alkanes) is 2. The van der Waals surface area contributed by atoms with Crippen molar-refractivity contribution in [3.8, 4) is 0 Å². The van der Waals surface area contributed by atoms with E-state index in [-0.39, 0.29) is 22.2 Å². The molecule has 0 aromatic heterocycles. The van der Waals surface area contributed by atoms with Crippen LogP contribution in [0.2, 0.25) is 0 Å². The van der Waals surface area contributed by atoms with E-state index in [1.54, 1.807) is 0 Å². The first-order valence-electron chi connectivity index (χ1n) is 12.3. The van der Waals surface area contributed by atoms with Crippen molar-refractivity contribution in [1.29, 1.82) is 0 Å². The van der Waals surface area contributed by atoms with Crippen LogP contribution in [0, 0.1) is 11.8 Å². The molecule has 0 saturated carbocycles. The third kappa shape index (κ3) is 15.1. The van der Waals surface area contributed by atoms with Crippen LogP contribution in [0.5, 0.6) is 0 Å². The molecule has 4 heteroatoms. The van der Waals surface area contributed by atoms with Gasteiger partial charge in [0.2, 0.25) is 0 Å². The fraction of sp³-hybridized carbons (Fsp3) is 1.00. The minimum Gasteiger partial charge on any atom is -0.187 e. The molecule has 0 aromatic rings. The van der Waals surface area contributed by atoms with Crippen LogP contribution in [-0.2, 0) is 0 Å². The highest BCUT2D eigenvalue weighted by atomic mass is 15.2. The third-order valence-corrected chi connectivity index (χ3v) is 6.27. The molecule has 0 aliphatic rings. The number of azo groups is 2. The monoisotopic (exact) mass is 424 g/mol. The van der Waals surface area contributed by atoms with E-state index < -0.39 is 0 Å². The molecule has 0 atom stereocenters. The van der Waals surface area contributed by atoms with Gasteiger partial charge in [-0.2, -0.15) is 20.5 Å². The zero-order valence-corrected chi connectivity index (χ0v) is 23.2. The summed E-state index contributed by atoms with van der Waals surface area (Å²) in [7, 11) is 0. The second kappa shape index (κ2) is 13.6. The Morgan fingerprint density at radius 1 is 0.500 bits per heavy atom. The van der Waals surface area contributed by atoms with Crippen molar-refractivity contribution < 1.29 is 0 Å². The molecule has 30 heavy (non-hydrogen) atoms. The lowest BCUT2D eigenvalue weighted by molar-refractivity contribution is 0.302. The number of nitrogens with zero attached hydrogens (tertiary/aromatic N) is 4. The number of hydrogen-bond acceptors (Lipinski definition) is 4. The summed E-state index contributed by atoms with van der Waals surface area (Å²) in [5, 5.41) is 18.0. The normalized spacial score (nSPS) is 14.1. The molecule has 0 aromatic carbocycles. The van der Waals surface area contributed by atoms with Crippen molar-refractivity contribution in [3.63, 3.8) is 0 Å². The zero-order valence-electron chi connectivity index (χ0n) is 23.2. The first-order valence-corrected chi connectivity index (χ1v) is 12.3. The van der Waals surface area contributed by atoms with E-state index >= 15 is 0 Å². The highest BCUT2D eigenvalue weighted by Crippen LogP contribution is 2.26. The van der Waals surface area contributed by atoms with E-state index in [2.05, 4.69) is 117 Å². The fourth-order valence-corrected chi connectivity index (χ4v) is 2.08. The van der Waals surface area contributed by atoms with Gasteiger partial charge in [0.1, 0.15) is 0 Å². The summed E-state index contributed by atoms with van der Waals surface area (Å²) in [6.45, 7) is 30.4. The second-order valence-corrected chi connectivity index (χ2v) is 11.8. The lowest BCUT2D eigenvalue weighted by atomic mass is 9.91. The molecule has 4 nitrogen and oxygen atoms in total. The Morgan fingerprint density at radius 2 is 0.767 bits per heavy atom. The van der Waals surface area contributed by atoms with Gasteiger partial charge < -0.3 is 0 Å². The summed E-state index contributed by atoms with van der Waals surface area (Å²) in [5.74, 6) is 1.04. The van der Waals surface area contributed by atoms with Crippen LogP contribution in [0.15, 0.2) is 20.5 Å². The fourth-order valence-electron chi connectivity index (χ4n) is 2.08. The van der Waals surface area contributed by atoms with E-state index in [4.69, 9.17) is 0 Å². The molecular formula is C26H56N4. The predicted molar refractivity (Wildman–Crippen MR) is 135 cm³/mol. The quantitative estimate of drug-likeness (QED) is 0.280. The minimum absolute atomic E-state index is 0.0134. The van der Waals surface area contributed by atoms with Crippen LogP contribution in [0.4, 0.5) is 0 Å². The van der Waals surface area contributed by atoms with Crippen LogP contribution in [-0.4, -0.2) is 22.2 Å². The van der Waals surface area contributed by atoms with Crippen LogP contribution in [0.1, 0.15) is 135 Å². The minimum atomic E-state index is -0.0494. The maximum absolute atomic E-state index is 4.54. The Labute approximate surface area is 190 Å². The Balaban J connectivity index is 0. The van der Waals surface area contributed by atoms with Gasteiger partial charge in [-0.15, -0.1) is 0 Å². The van der Waals surface area contributed by atoms with E-state index in [0.717, 1.165) is 12.8 Å². The van der Waals surface area contributed by atoms with E-state index in [9.17, 15) is 0 Å². The lowest BCUT2D eigenvalue weighted by Gasteiger charge is -2.28. The molecule has 0 amide bonds. The van der Waals surface area contributed by atoms with Gasteiger partial charge in [0.25, 0.3) is 0 Å². The molecule has 0 aliphatic carbocycles. The summed E-state index contributed by atoms with van der Waals surface area (Å²) >= 11 is 0. The second-order valence-electron chi connectivity index (χ2n) is 11.8. The van der Waals surface area contributed by atoms with Gasteiger partial charge in [-0.3, -0.25) is 0 Å². The summed E-state index contributed by atoms with van der Waals surface area (Å²) in [5.41, 5.74) is -0.0721. The van der Waals surface area contributed by atoms with Crippen molar-refractivity contribution in [3.05, 3.63) is 0 Å². The summed E-state index contributed by atoms with van der Waals surface area (Å²) in [6.07, 6.45) is 7.22. The molecule has 0 spiro atoms. The van der Waals surface area contributed by atoms with Gasteiger partial charge in [0.15, 0.2) is 0 Å². The molecule has 0 heterocycles. The molecule has 0 saturated heterocycles. The van der Waals surface area contributed by atoms with Gasteiger partial charge in [-0.25, -0.2) is 0 Å². The van der Waals surface area contributed by atoms with Gasteiger partial charge >= 0.3 is 0 Å².